The van der Waals surface area contributed by atoms with Crippen LogP contribution in [0.3, 0.4) is 0 Å². The standard InChI is InChI=1S/C56H108O6/c1-5-7-9-11-13-15-17-18-20-24-28-32-36-40-44-48-55(58)61-51-53(50-60-54(57)47-43-39-35-31-26-16-14-12-10-8-6-2)62-56(59)49-45-41-37-33-29-25-22-19-21-23-27-30-34-38-42-46-52(3)4/h52-53H,5-51H2,1-4H3/t53-/m0/s1. The van der Waals surface area contributed by atoms with Crippen LogP contribution in [0.5, 0.6) is 0 Å². The summed E-state index contributed by atoms with van der Waals surface area (Å²) in [6.07, 6.45) is 53.7. The van der Waals surface area contributed by atoms with Crippen LogP contribution in [0, 0.1) is 5.92 Å². The molecule has 368 valence electrons. The van der Waals surface area contributed by atoms with Gasteiger partial charge in [0.05, 0.1) is 0 Å². The average molecular weight is 877 g/mol. The van der Waals surface area contributed by atoms with Crippen molar-refractivity contribution in [2.45, 2.75) is 323 Å². The molecule has 0 aliphatic heterocycles. The smallest absolute Gasteiger partial charge is 0.306 e. The van der Waals surface area contributed by atoms with Gasteiger partial charge in [0.15, 0.2) is 6.10 Å². The second-order valence-electron chi connectivity index (χ2n) is 19.7. The molecule has 0 unspecified atom stereocenters. The Morgan fingerprint density at radius 2 is 0.532 bits per heavy atom. The van der Waals surface area contributed by atoms with Gasteiger partial charge in [-0.1, -0.05) is 278 Å². The summed E-state index contributed by atoms with van der Waals surface area (Å²) in [4.78, 5) is 38.0. The Bertz CT molecular complexity index is 933. The summed E-state index contributed by atoms with van der Waals surface area (Å²) in [7, 11) is 0. The van der Waals surface area contributed by atoms with Crippen LogP contribution in [-0.2, 0) is 28.6 Å². The Morgan fingerprint density at radius 1 is 0.306 bits per heavy atom. The molecule has 0 aromatic heterocycles. The van der Waals surface area contributed by atoms with E-state index >= 15 is 0 Å². The molecule has 0 spiro atoms. The predicted octanol–water partition coefficient (Wildman–Crippen LogP) is 18.2. The zero-order valence-corrected chi connectivity index (χ0v) is 42.3. The van der Waals surface area contributed by atoms with Crippen molar-refractivity contribution in [2.75, 3.05) is 13.2 Å². The maximum Gasteiger partial charge on any atom is 0.306 e. The lowest BCUT2D eigenvalue weighted by atomic mass is 10.0. The highest BCUT2D eigenvalue weighted by Gasteiger charge is 2.19. The van der Waals surface area contributed by atoms with E-state index in [0.29, 0.717) is 19.3 Å². The Morgan fingerprint density at radius 3 is 0.790 bits per heavy atom. The first kappa shape index (κ1) is 60.4. The molecule has 0 N–H and O–H groups in total. The zero-order chi connectivity index (χ0) is 45.2. The van der Waals surface area contributed by atoms with E-state index in [1.54, 1.807) is 0 Å². The van der Waals surface area contributed by atoms with Gasteiger partial charge >= 0.3 is 17.9 Å². The largest absolute Gasteiger partial charge is 0.462 e. The lowest BCUT2D eigenvalue weighted by Gasteiger charge is -2.18. The monoisotopic (exact) mass is 877 g/mol. The third-order valence-electron chi connectivity index (χ3n) is 12.8. The van der Waals surface area contributed by atoms with Crippen LogP contribution in [0.2, 0.25) is 0 Å². The van der Waals surface area contributed by atoms with Crippen LogP contribution >= 0.6 is 0 Å². The Balaban J connectivity index is 4.27. The van der Waals surface area contributed by atoms with Gasteiger partial charge in [-0.3, -0.25) is 14.4 Å². The summed E-state index contributed by atoms with van der Waals surface area (Å²) >= 11 is 0. The number of carbonyl (C=O) groups is 3. The summed E-state index contributed by atoms with van der Waals surface area (Å²) in [5, 5.41) is 0. The van der Waals surface area contributed by atoms with Gasteiger partial charge in [0.2, 0.25) is 0 Å². The highest BCUT2D eigenvalue weighted by Crippen LogP contribution is 2.18. The molecule has 0 rings (SSSR count). The quantitative estimate of drug-likeness (QED) is 0.0344. The molecule has 0 saturated heterocycles. The Kier molecular flexibility index (Phi) is 49.1. The third kappa shape index (κ3) is 49.4. The van der Waals surface area contributed by atoms with Crippen LogP contribution in [0.25, 0.3) is 0 Å². The number of esters is 3. The van der Waals surface area contributed by atoms with Crippen molar-refractivity contribution in [2.24, 2.45) is 5.92 Å². The van der Waals surface area contributed by atoms with Gasteiger partial charge in [0.25, 0.3) is 0 Å². The molecule has 6 heteroatoms. The minimum Gasteiger partial charge on any atom is -0.462 e. The second-order valence-corrected chi connectivity index (χ2v) is 19.7. The highest BCUT2D eigenvalue weighted by atomic mass is 16.6. The fraction of sp³-hybridized carbons (Fsp3) is 0.946. The summed E-state index contributed by atoms with van der Waals surface area (Å²) in [6, 6.07) is 0. The molecule has 0 fully saturated rings. The average Bonchev–Trinajstić information content (AvgIpc) is 3.26. The third-order valence-corrected chi connectivity index (χ3v) is 12.8. The van der Waals surface area contributed by atoms with E-state index in [9.17, 15) is 14.4 Å². The van der Waals surface area contributed by atoms with E-state index in [0.717, 1.165) is 63.7 Å². The van der Waals surface area contributed by atoms with Crippen LogP contribution in [0.15, 0.2) is 0 Å². The van der Waals surface area contributed by atoms with Crippen molar-refractivity contribution in [3.05, 3.63) is 0 Å². The number of hydrogen-bond donors (Lipinski definition) is 0. The van der Waals surface area contributed by atoms with Crippen molar-refractivity contribution in [1.29, 1.82) is 0 Å². The summed E-state index contributed by atoms with van der Waals surface area (Å²) < 4.78 is 16.8. The van der Waals surface area contributed by atoms with Gasteiger partial charge in [0, 0.05) is 19.3 Å². The van der Waals surface area contributed by atoms with Crippen molar-refractivity contribution < 1.29 is 28.6 Å². The Hall–Kier alpha value is -1.59. The molecule has 1 atom stereocenters. The first-order valence-electron chi connectivity index (χ1n) is 27.9. The van der Waals surface area contributed by atoms with E-state index in [1.807, 2.05) is 0 Å². The molecule has 0 heterocycles. The van der Waals surface area contributed by atoms with Gasteiger partial charge in [-0.15, -0.1) is 0 Å². The van der Waals surface area contributed by atoms with E-state index in [-0.39, 0.29) is 31.1 Å². The minimum absolute atomic E-state index is 0.0620. The number of hydrogen-bond acceptors (Lipinski definition) is 6. The summed E-state index contributed by atoms with van der Waals surface area (Å²) in [5.74, 6) is 0.00941. The highest BCUT2D eigenvalue weighted by molar-refractivity contribution is 5.71. The van der Waals surface area contributed by atoms with Crippen molar-refractivity contribution in [3.8, 4) is 0 Å². The zero-order valence-electron chi connectivity index (χ0n) is 42.3. The maximum atomic E-state index is 12.8. The fourth-order valence-electron chi connectivity index (χ4n) is 8.57. The number of unbranched alkanes of at least 4 members (excludes halogenated alkanes) is 38. The molecular formula is C56H108O6. The van der Waals surface area contributed by atoms with Crippen LogP contribution in [0.4, 0.5) is 0 Å². The van der Waals surface area contributed by atoms with E-state index < -0.39 is 6.10 Å². The molecule has 0 radical (unpaired) electrons. The van der Waals surface area contributed by atoms with Crippen molar-refractivity contribution in [3.63, 3.8) is 0 Å². The lowest BCUT2D eigenvalue weighted by Crippen LogP contribution is -2.30. The fourth-order valence-corrected chi connectivity index (χ4v) is 8.57. The first-order chi connectivity index (χ1) is 30.4. The number of carbonyl (C=O) groups excluding carboxylic acids is 3. The van der Waals surface area contributed by atoms with E-state index in [2.05, 4.69) is 27.7 Å². The second kappa shape index (κ2) is 50.4. The van der Waals surface area contributed by atoms with Gasteiger partial charge in [0.1, 0.15) is 13.2 Å². The lowest BCUT2D eigenvalue weighted by molar-refractivity contribution is -0.167. The molecule has 0 amide bonds. The van der Waals surface area contributed by atoms with E-state index in [1.165, 1.54) is 212 Å². The summed E-state index contributed by atoms with van der Waals surface area (Å²) in [5.41, 5.74) is 0. The first-order valence-corrected chi connectivity index (χ1v) is 27.9. The normalized spacial score (nSPS) is 12.0. The maximum absolute atomic E-state index is 12.8. The molecule has 62 heavy (non-hydrogen) atoms. The van der Waals surface area contributed by atoms with Crippen molar-refractivity contribution >= 4 is 17.9 Å². The summed E-state index contributed by atoms with van der Waals surface area (Å²) in [6.45, 7) is 9.05. The SMILES string of the molecule is CCCCCCCCCCCCCCCCCC(=O)OC[C@H](COC(=O)CCCCCCCCCCCCC)OC(=O)CCCCCCCCCCCCCCCCCC(C)C. The Labute approximate surface area is 387 Å². The van der Waals surface area contributed by atoms with Crippen molar-refractivity contribution in [1.82, 2.24) is 0 Å². The van der Waals surface area contributed by atoms with Crippen LogP contribution < -0.4 is 0 Å². The minimum atomic E-state index is -0.761. The molecule has 0 aliphatic rings. The van der Waals surface area contributed by atoms with Gasteiger partial charge < -0.3 is 14.2 Å². The van der Waals surface area contributed by atoms with Gasteiger partial charge in [-0.2, -0.15) is 0 Å². The number of ether oxygens (including phenoxy) is 3. The molecule has 0 bridgehead atoms. The predicted molar refractivity (Wildman–Crippen MR) is 266 cm³/mol. The van der Waals surface area contributed by atoms with Crippen LogP contribution in [0.1, 0.15) is 317 Å². The molecule has 0 aromatic carbocycles. The molecule has 0 saturated carbocycles. The topological polar surface area (TPSA) is 78.9 Å². The molecule has 0 aromatic rings. The van der Waals surface area contributed by atoms with Gasteiger partial charge in [-0.05, 0) is 25.2 Å². The molecular weight excluding hydrogens is 769 g/mol. The van der Waals surface area contributed by atoms with Crippen LogP contribution in [-0.4, -0.2) is 37.2 Å². The van der Waals surface area contributed by atoms with Gasteiger partial charge in [-0.25, -0.2) is 0 Å². The molecule has 0 aliphatic carbocycles. The number of rotatable bonds is 51. The molecule has 6 nitrogen and oxygen atoms in total. The van der Waals surface area contributed by atoms with E-state index in [4.69, 9.17) is 14.2 Å².